The molecular formula is C12H8N3. The lowest BCUT2D eigenvalue weighted by Crippen LogP contribution is -1.97. The summed E-state index contributed by atoms with van der Waals surface area (Å²) in [5, 5.41) is 8.74. The van der Waals surface area contributed by atoms with Crippen molar-refractivity contribution < 1.29 is 0 Å². The minimum absolute atomic E-state index is 0.904. The van der Waals surface area contributed by atoms with Crippen LogP contribution in [0.1, 0.15) is 0 Å². The number of benzene rings is 2. The molecule has 71 valence electrons. The van der Waals surface area contributed by atoms with E-state index in [1.165, 1.54) is 0 Å². The SMILES string of the molecule is [c]1cccc(-n2nc3ccccc3n2)c1. The first kappa shape index (κ1) is 8.17. The van der Waals surface area contributed by atoms with Crippen molar-refractivity contribution in [2.45, 2.75) is 0 Å². The normalized spacial score (nSPS) is 10.7. The van der Waals surface area contributed by atoms with Gasteiger partial charge in [0.15, 0.2) is 0 Å². The molecule has 3 rings (SSSR count). The number of aromatic nitrogens is 3. The molecule has 0 saturated heterocycles. The summed E-state index contributed by atoms with van der Waals surface area (Å²) in [5.41, 5.74) is 2.73. The topological polar surface area (TPSA) is 30.7 Å². The van der Waals surface area contributed by atoms with Crippen LogP contribution < -0.4 is 0 Å². The van der Waals surface area contributed by atoms with E-state index in [2.05, 4.69) is 16.3 Å². The van der Waals surface area contributed by atoms with Gasteiger partial charge >= 0.3 is 0 Å². The number of fused-ring (bicyclic) bond motifs is 1. The first-order valence-electron chi connectivity index (χ1n) is 4.72. The van der Waals surface area contributed by atoms with E-state index < -0.39 is 0 Å². The quantitative estimate of drug-likeness (QED) is 0.594. The minimum Gasteiger partial charge on any atom is -0.150 e. The second-order valence-electron chi connectivity index (χ2n) is 3.24. The van der Waals surface area contributed by atoms with Crippen molar-refractivity contribution >= 4 is 11.0 Å². The van der Waals surface area contributed by atoms with Crippen LogP contribution in [-0.4, -0.2) is 15.0 Å². The number of hydrogen-bond acceptors (Lipinski definition) is 2. The number of rotatable bonds is 1. The monoisotopic (exact) mass is 194 g/mol. The molecule has 3 aromatic rings. The Morgan fingerprint density at radius 1 is 0.933 bits per heavy atom. The van der Waals surface area contributed by atoms with Crippen LogP contribution in [-0.2, 0) is 0 Å². The van der Waals surface area contributed by atoms with Crippen LogP contribution >= 0.6 is 0 Å². The summed E-state index contributed by atoms with van der Waals surface area (Å²) in [6.07, 6.45) is 0. The Morgan fingerprint density at radius 3 is 2.27 bits per heavy atom. The maximum atomic E-state index is 4.37. The molecule has 0 atom stereocenters. The molecule has 0 spiro atoms. The van der Waals surface area contributed by atoms with E-state index >= 15 is 0 Å². The molecule has 0 aliphatic rings. The van der Waals surface area contributed by atoms with Gasteiger partial charge in [-0.25, -0.2) is 0 Å². The molecule has 0 bridgehead atoms. The lowest BCUT2D eigenvalue weighted by Gasteiger charge is -1.95. The first-order chi connectivity index (χ1) is 7.43. The van der Waals surface area contributed by atoms with E-state index in [1.807, 2.05) is 48.5 Å². The third-order valence-corrected chi connectivity index (χ3v) is 2.21. The zero-order chi connectivity index (χ0) is 10.1. The van der Waals surface area contributed by atoms with Crippen LogP contribution in [0.2, 0.25) is 0 Å². The molecular weight excluding hydrogens is 186 g/mol. The average Bonchev–Trinajstić information content (AvgIpc) is 2.74. The third kappa shape index (κ3) is 1.38. The Hall–Kier alpha value is -2.16. The molecule has 0 amide bonds. The largest absolute Gasteiger partial charge is 0.150 e. The van der Waals surface area contributed by atoms with E-state index in [0.29, 0.717) is 0 Å². The predicted octanol–water partition coefficient (Wildman–Crippen LogP) is 2.22. The summed E-state index contributed by atoms with van der Waals surface area (Å²) in [5.74, 6) is 0. The molecule has 3 heteroatoms. The van der Waals surface area contributed by atoms with Crippen LogP contribution in [0.3, 0.4) is 0 Å². The van der Waals surface area contributed by atoms with E-state index in [-0.39, 0.29) is 0 Å². The van der Waals surface area contributed by atoms with Gasteiger partial charge in [0.1, 0.15) is 11.0 Å². The molecule has 15 heavy (non-hydrogen) atoms. The summed E-state index contributed by atoms with van der Waals surface area (Å²) in [4.78, 5) is 1.63. The fraction of sp³-hybridized carbons (Fsp3) is 0. The van der Waals surface area contributed by atoms with Gasteiger partial charge in [-0.05, 0) is 30.3 Å². The van der Waals surface area contributed by atoms with Gasteiger partial charge in [0, 0.05) is 0 Å². The highest BCUT2D eigenvalue weighted by Gasteiger charge is 2.01. The second-order valence-corrected chi connectivity index (χ2v) is 3.24. The van der Waals surface area contributed by atoms with Gasteiger partial charge < -0.3 is 0 Å². The molecule has 0 saturated carbocycles. The first-order valence-corrected chi connectivity index (χ1v) is 4.72. The molecule has 2 aromatic carbocycles. The number of hydrogen-bond donors (Lipinski definition) is 0. The standard InChI is InChI=1S/C12H8N3/c1-2-6-10(7-3-1)15-13-11-8-4-5-9-12(11)14-15/h1-2,4-9H. The fourth-order valence-electron chi connectivity index (χ4n) is 1.48. The van der Waals surface area contributed by atoms with Gasteiger partial charge in [0.2, 0.25) is 0 Å². The third-order valence-electron chi connectivity index (χ3n) is 2.21. The van der Waals surface area contributed by atoms with Crippen molar-refractivity contribution in [1.29, 1.82) is 0 Å². The van der Waals surface area contributed by atoms with E-state index in [4.69, 9.17) is 0 Å². The zero-order valence-corrected chi connectivity index (χ0v) is 7.96. The maximum absolute atomic E-state index is 4.37. The van der Waals surface area contributed by atoms with Crippen molar-refractivity contribution in [1.82, 2.24) is 15.0 Å². The van der Waals surface area contributed by atoms with Crippen LogP contribution in [0.15, 0.2) is 48.5 Å². The zero-order valence-electron chi connectivity index (χ0n) is 7.96. The lowest BCUT2D eigenvalue weighted by atomic mass is 10.3. The Bertz CT molecular complexity index is 551. The van der Waals surface area contributed by atoms with Gasteiger partial charge in [-0.2, -0.15) is 4.80 Å². The van der Waals surface area contributed by atoms with Crippen LogP contribution in [0.25, 0.3) is 16.7 Å². The molecule has 0 unspecified atom stereocenters. The average molecular weight is 194 g/mol. The summed E-state index contributed by atoms with van der Waals surface area (Å²) in [6, 6.07) is 18.4. The summed E-state index contributed by atoms with van der Waals surface area (Å²) in [6.45, 7) is 0. The summed E-state index contributed by atoms with van der Waals surface area (Å²) < 4.78 is 0. The maximum Gasteiger partial charge on any atom is 0.113 e. The van der Waals surface area contributed by atoms with Crippen molar-refractivity contribution in [3.63, 3.8) is 0 Å². The Labute approximate surface area is 87.0 Å². The van der Waals surface area contributed by atoms with Gasteiger partial charge in [-0.3, -0.25) is 0 Å². The van der Waals surface area contributed by atoms with Crippen LogP contribution in [0.4, 0.5) is 0 Å². The van der Waals surface area contributed by atoms with Crippen LogP contribution in [0, 0.1) is 6.07 Å². The highest BCUT2D eigenvalue weighted by atomic mass is 15.5. The van der Waals surface area contributed by atoms with Gasteiger partial charge in [0.25, 0.3) is 0 Å². The summed E-state index contributed by atoms with van der Waals surface area (Å²) in [7, 11) is 0. The molecule has 0 aliphatic carbocycles. The molecule has 0 N–H and O–H groups in total. The smallest absolute Gasteiger partial charge is 0.113 e. The fourth-order valence-corrected chi connectivity index (χ4v) is 1.48. The predicted molar refractivity (Wildman–Crippen MR) is 57.7 cm³/mol. The molecule has 0 fully saturated rings. The molecule has 0 aliphatic heterocycles. The number of nitrogens with zero attached hydrogens (tertiary/aromatic N) is 3. The van der Waals surface area contributed by atoms with Crippen molar-refractivity contribution in [2.24, 2.45) is 0 Å². The minimum atomic E-state index is 0.904. The van der Waals surface area contributed by atoms with Gasteiger partial charge in [0.05, 0.1) is 5.69 Å². The Kier molecular flexibility index (Phi) is 1.75. The van der Waals surface area contributed by atoms with Crippen LogP contribution in [0.5, 0.6) is 0 Å². The van der Waals surface area contributed by atoms with E-state index in [1.54, 1.807) is 4.80 Å². The molecule has 1 radical (unpaired) electrons. The highest BCUT2D eigenvalue weighted by Crippen LogP contribution is 2.10. The molecule has 1 heterocycles. The van der Waals surface area contributed by atoms with Crippen molar-refractivity contribution in [2.75, 3.05) is 0 Å². The van der Waals surface area contributed by atoms with E-state index in [9.17, 15) is 0 Å². The van der Waals surface area contributed by atoms with E-state index in [0.717, 1.165) is 16.7 Å². The highest BCUT2D eigenvalue weighted by molar-refractivity contribution is 5.73. The second kappa shape index (κ2) is 3.20. The van der Waals surface area contributed by atoms with Gasteiger partial charge in [-0.1, -0.05) is 24.3 Å². The lowest BCUT2D eigenvalue weighted by molar-refractivity contribution is 0.765. The van der Waals surface area contributed by atoms with Crippen molar-refractivity contribution in [3.05, 3.63) is 54.6 Å². The Morgan fingerprint density at radius 2 is 1.67 bits per heavy atom. The van der Waals surface area contributed by atoms with Crippen molar-refractivity contribution in [3.8, 4) is 5.69 Å². The van der Waals surface area contributed by atoms with Gasteiger partial charge in [-0.15, -0.1) is 10.2 Å². The molecule has 3 nitrogen and oxygen atoms in total. The Balaban J connectivity index is 2.21. The molecule has 1 aromatic heterocycles. The summed E-state index contributed by atoms with van der Waals surface area (Å²) >= 11 is 0.